The molecule has 3 aromatic rings. The standard InChI is InChI=1S/C17H13Cl2N5O/c18-11-3-1-10(2-4-11)9-21-16-14(15(20)25)17(24-23-16)22-13-7-5-12(19)6-8-13/h1-9H,(H2,20,25)(H2,22,23,24). The molecule has 1 aromatic heterocycles. The van der Waals surface area contributed by atoms with Crippen LogP contribution in [0, 0.1) is 0 Å². The monoisotopic (exact) mass is 373 g/mol. The first-order valence-electron chi connectivity index (χ1n) is 7.23. The van der Waals surface area contributed by atoms with Gasteiger partial charge in [-0.2, -0.15) is 5.10 Å². The van der Waals surface area contributed by atoms with Crippen LogP contribution in [0.25, 0.3) is 0 Å². The maximum atomic E-state index is 11.8. The number of anilines is 2. The molecular weight excluding hydrogens is 361 g/mol. The number of primary amides is 1. The van der Waals surface area contributed by atoms with E-state index in [1.165, 1.54) is 0 Å². The largest absolute Gasteiger partial charge is 0.365 e. The van der Waals surface area contributed by atoms with E-state index in [4.69, 9.17) is 28.9 Å². The molecule has 8 heteroatoms. The molecule has 0 atom stereocenters. The van der Waals surface area contributed by atoms with Crippen molar-refractivity contribution in [3.05, 3.63) is 69.7 Å². The Morgan fingerprint density at radius 1 is 1.08 bits per heavy atom. The highest BCUT2D eigenvalue weighted by Crippen LogP contribution is 2.26. The van der Waals surface area contributed by atoms with Crippen LogP contribution in [-0.4, -0.2) is 22.3 Å². The molecule has 2 aromatic carbocycles. The number of benzene rings is 2. The maximum Gasteiger partial charge on any atom is 0.256 e. The van der Waals surface area contributed by atoms with Crippen LogP contribution in [0.5, 0.6) is 0 Å². The lowest BCUT2D eigenvalue weighted by Gasteiger charge is -2.05. The van der Waals surface area contributed by atoms with Gasteiger partial charge in [0.25, 0.3) is 5.91 Å². The van der Waals surface area contributed by atoms with E-state index in [0.717, 1.165) is 11.3 Å². The average molecular weight is 374 g/mol. The van der Waals surface area contributed by atoms with Crippen molar-refractivity contribution in [2.45, 2.75) is 0 Å². The third-order valence-electron chi connectivity index (χ3n) is 3.31. The molecule has 0 bridgehead atoms. The van der Waals surface area contributed by atoms with Crippen molar-refractivity contribution in [3.8, 4) is 0 Å². The lowest BCUT2D eigenvalue weighted by molar-refractivity contribution is 0.100. The van der Waals surface area contributed by atoms with Crippen molar-refractivity contribution in [3.63, 3.8) is 0 Å². The van der Waals surface area contributed by atoms with E-state index >= 15 is 0 Å². The summed E-state index contributed by atoms with van der Waals surface area (Å²) in [5.74, 6) is -0.0922. The Kier molecular flexibility index (Phi) is 5.02. The highest BCUT2D eigenvalue weighted by atomic mass is 35.5. The first-order chi connectivity index (χ1) is 12.0. The second-order valence-corrected chi connectivity index (χ2v) is 5.98. The number of nitrogens with one attached hydrogen (secondary N) is 2. The van der Waals surface area contributed by atoms with Crippen molar-refractivity contribution in [1.29, 1.82) is 0 Å². The summed E-state index contributed by atoms with van der Waals surface area (Å²) < 4.78 is 0. The van der Waals surface area contributed by atoms with Gasteiger partial charge in [-0.1, -0.05) is 35.3 Å². The summed E-state index contributed by atoms with van der Waals surface area (Å²) in [6, 6.07) is 14.1. The van der Waals surface area contributed by atoms with Gasteiger partial charge in [0.1, 0.15) is 11.4 Å². The van der Waals surface area contributed by atoms with Crippen LogP contribution in [0.4, 0.5) is 17.3 Å². The van der Waals surface area contributed by atoms with E-state index in [2.05, 4.69) is 20.5 Å². The van der Waals surface area contributed by atoms with Crippen LogP contribution in [-0.2, 0) is 0 Å². The Labute approximate surface area is 153 Å². The van der Waals surface area contributed by atoms with Crippen molar-refractivity contribution in [2.24, 2.45) is 10.7 Å². The molecule has 3 rings (SSSR count). The summed E-state index contributed by atoms with van der Waals surface area (Å²) in [4.78, 5) is 16.0. The van der Waals surface area contributed by atoms with Gasteiger partial charge in [-0.05, 0) is 42.0 Å². The first kappa shape index (κ1) is 17.0. The van der Waals surface area contributed by atoms with Gasteiger partial charge in [0.15, 0.2) is 5.82 Å². The number of nitrogens with two attached hydrogens (primary N) is 1. The summed E-state index contributed by atoms with van der Waals surface area (Å²) >= 11 is 11.7. The number of hydrogen-bond donors (Lipinski definition) is 3. The molecule has 1 heterocycles. The van der Waals surface area contributed by atoms with Crippen LogP contribution in [0.3, 0.4) is 0 Å². The maximum absolute atomic E-state index is 11.8. The van der Waals surface area contributed by atoms with E-state index in [-0.39, 0.29) is 11.4 Å². The van der Waals surface area contributed by atoms with Crippen LogP contribution < -0.4 is 11.1 Å². The molecule has 0 aliphatic heterocycles. The number of amides is 1. The fraction of sp³-hybridized carbons (Fsp3) is 0. The predicted molar refractivity (Wildman–Crippen MR) is 101 cm³/mol. The SMILES string of the molecule is NC(=O)c1c(N=Cc2ccc(Cl)cc2)n[nH]c1Nc1ccc(Cl)cc1. The van der Waals surface area contributed by atoms with Gasteiger partial charge in [0, 0.05) is 21.9 Å². The minimum Gasteiger partial charge on any atom is -0.365 e. The summed E-state index contributed by atoms with van der Waals surface area (Å²) in [7, 11) is 0. The van der Waals surface area contributed by atoms with Crippen molar-refractivity contribution >= 4 is 52.6 Å². The van der Waals surface area contributed by atoms with Crippen molar-refractivity contribution < 1.29 is 4.79 Å². The quantitative estimate of drug-likeness (QED) is 0.581. The molecule has 0 spiro atoms. The lowest BCUT2D eigenvalue weighted by atomic mass is 10.2. The van der Waals surface area contributed by atoms with Gasteiger partial charge in [0.2, 0.25) is 0 Å². The van der Waals surface area contributed by atoms with Gasteiger partial charge < -0.3 is 11.1 Å². The average Bonchev–Trinajstić information content (AvgIpc) is 2.99. The minimum atomic E-state index is -0.645. The normalized spacial score (nSPS) is 11.0. The lowest BCUT2D eigenvalue weighted by Crippen LogP contribution is -2.12. The topological polar surface area (TPSA) is 96.2 Å². The number of aromatic amines is 1. The molecule has 6 nitrogen and oxygen atoms in total. The molecule has 126 valence electrons. The molecule has 4 N–H and O–H groups in total. The molecule has 1 amide bonds. The molecule has 0 saturated heterocycles. The number of hydrogen-bond acceptors (Lipinski definition) is 4. The number of carbonyl (C=O) groups is 1. The first-order valence-corrected chi connectivity index (χ1v) is 7.99. The van der Waals surface area contributed by atoms with Crippen LogP contribution in [0.15, 0.2) is 53.5 Å². The molecule has 0 radical (unpaired) electrons. The number of aliphatic imine (C=N–C) groups is 1. The van der Waals surface area contributed by atoms with Crippen LogP contribution in [0.1, 0.15) is 15.9 Å². The van der Waals surface area contributed by atoms with Crippen molar-refractivity contribution in [2.75, 3.05) is 5.32 Å². The van der Waals surface area contributed by atoms with E-state index in [1.807, 2.05) is 0 Å². The fourth-order valence-corrected chi connectivity index (χ4v) is 2.36. The molecule has 0 unspecified atom stereocenters. The zero-order valence-electron chi connectivity index (χ0n) is 12.8. The Hall–Kier alpha value is -2.83. The third-order valence-corrected chi connectivity index (χ3v) is 3.82. The van der Waals surface area contributed by atoms with Gasteiger partial charge >= 0.3 is 0 Å². The van der Waals surface area contributed by atoms with Crippen molar-refractivity contribution in [1.82, 2.24) is 10.2 Å². The Bertz CT molecular complexity index is 917. The number of aromatic nitrogens is 2. The molecule has 0 fully saturated rings. The summed E-state index contributed by atoms with van der Waals surface area (Å²) in [5, 5.41) is 11.1. The van der Waals surface area contributed by atoms with Gasteiger partial charge in [-0.3, -0.25) is 9.89 Å². The Balaban J connectivity index is 1.87. The highest BCUT2D eigenvalue weighted by molar-refractivity contribution is 6.30. The second kappa shape index (κ2) is 7.38. The minimum absolute atomic E-state index is 0.167. The Morgan fingerprint density at radius 3 is 2.28 bits per heavy atom. The molecule has 0 aliphatic rings. The zero-order chi connectivity index (χ0) is 17.8. The van der Waals surface area contributed by atoms with E-state index in [0.29, 0.717) is 15.9 Å². The smallest absolute Gasteiger partial charge is 0.256 e. The molecule has 0 saturated carbocycles. The fourth-order valence-electron chi connectivity index (χ4n) is 2.11. The third kappa shape index (κ3) is 4.17. The van der Waals surface area contributed by atoms with Gasteiger partial charge in [-0.25, -0.2) is 4.99 Å². The number of H-pyrrole nitrogens is 1. The molecular formula is C17H13Cl2N5O. The number of rotatable bonds is 5. The highest BCUT2D eigenvalue weighted by Gasteiger charge is 2.18. The summed E-state index contributed by atoms with van der Waals surface area (Å²) in [5.41, 5.74) is 7.18. The van der Waals surface area contributed by atoms with Gasteiger partial charge in [0.05, 0.1) is 0 Å². The van der Waals surface area contributed by atoms with E-state index in [1.54, 1.807) is 54.7 Å². The van der Waals surface area contributed by atoms with E-state index in [9.17, 15) is 4.79 Å². The number of carbonyl (C=O) groups excluding carboxylic acids is 1. The zero-order valence-corrected chi connectivity index (χ0v) is 14.3. The van der Waals surface area contributed by atoms with Crippen LogP contribution in [0.2, 0.25) is 10.0 Å². The summed E-state index contributed by atoms with van der Waals surface area (Å²) in [6.07, 6.45) is 1.57. The summed E-state index contributed by atoms with van der Waals surface area (Å²) in [6.45, 7) is 0. The molecule has 25 heavy (non-hydrogen) atoms. The number of halogens is 2. The van der Waals surface area contributed by atoms with E-state index < -0.39 is 5.91 Å². The molecule has 0 aliphatic carbocycles. The second-order valence-electron chi connectivity index (χ2n) is 5.10. The predicted octanol–water partition coefficient (Wildman–Crippen LogP) is 4.31. The van der Waals surface area contributed by atoms with Crippen LogP contribution >= 0.6 is 23.2 Å². The van der Waals surface area contributed by atoms with Gasteiger partial charge in [-0.15, -0.1) is 0 Å². The number of nitrogens with zero attached hydrogens (tertiary/aromatic N) is 2. The Morgan fingerprint density at radius 2 is 1.68 bits per heavy atom.